The normalized spacial score (nSPS) is 12.7. The summed E-state index contributed by atoms with van der Waals surface area (Å²) in [7, 11) is -4.95. The van der Waals surface area contributed by atoms with Gasteiger partial charge >= 0.3 is 6.18 Å². The topological polar surface area (TPSA) is 72.2 Å². The molecule has 0 fully saturated rings. The number of halogens is 5. The molecule has 1 aromatic carbocycles. The van der Waals surface area contributed by atoms with Crippen LogP contribution in [-0.2, 0) is 10.0 Å². The zero-order chi connectivity index (χ0) is 14.1. The summed E-state index contributed by atoms with van der Waals surface area (Å²) in [6, 6.07) is 0.983. The van der Waals surface area contributed by atoms with Crippen molar-refractivity contribution in [3.63, 3.8) is 0 Å². The summed E-state index contributed by atoms with van der Waals surface area (Å²) in [4.78, 5) is -1.50. The molecule has 10 heteroatoms. The molecular weight excluding hydrogens is 283 g/mol. The van der Waals surface area contributed by atoms with Crippen molar-refractivity contribution in [2.75, 3.05) is 12.3 Å². The number of hydrogen-bond acceptors (Lipinski definition) is 3. The van der Waals surface area contributed by atoms with E-state index >= 15 is 0 Å². The van der Waals surface area contributed by atoms with Crippen LogP contribution in [0.15, 0.2) is 17.0 Å². The van der Waals surface area contributed by atoms with E-state index in [1.807, 2.05) is 0 Å². The van der Waals surface area contributed by atoms with E-state index in [-0.39, 0.29) is 5.69 Å². The van der Waals surface area contributed by atoms with Gasteiger partial charge in [0.25, 0.3) is 0 Å². The predicted molar refractivity (Wildman–Crippen MR) is 52.0 cm³/mol. The van der Waals surface area contributed by atoms with E-state index in [0.29, 0.717) is 12.1 Å². The lowest BCUT2D eigenvalue weighted by molar-refractivity contribution is -0.121. The molecule has 4 nitrogen and oxygen atoms in total. The maximum atomic E-state index is 13.2. The molecule has 0 unspecified atom stereocenters. The summed E-state index contributed by atoms with van der Waals surface area (Å²) in [5, 5.41) is 0. The molecule has 0 amide bonds. The van der Waals surface area contributed by atoms with Crippen LogP contribution in [0.2, 0.25) is 0 Å². The van der Waals surface area contributed by atoms with E-state index in [1.165, 1.54) is 0 Å². The van der Waals surface area contributed by atoms with E-state index in [1.54, 1.807) is 0 Å². The van der Waals surface area contributed by atoms with Gasteiger partial charge in [0, 0.05) is 5.69 Å². The molecule has 0 radical (unpaired) electrons. The van der Waals surface area contributed by atoms with Crippen molar-refractivity contribution in [1.29, 1.82) is 0 Å². The Bertz CT molecular complexity index is 532. The minimum Gasteiger partial charge on any atom is -0.399 e. The quantitative estimate of drug-likeness (QED) is 0.652. The molecule has 0 aliphatic rings. The Balaban J connectivity index is 3.14. The van der Waals surface area contributed by atoms with E-state index in [9.17, 15) is 30.4 Å². The first kappa shape index (κ1) is 14.6. The second-order valence-electron chi connectivity index (χ2n) is 3.25. The summed E-state index contributed by atoms with van der Waals surface area (Å²) >= 11 is 0. The second kappa shape index (κ2) is 4.69. The number of nitrogens with one attached hydrogen (secondary N) is 1. The first-order valence-electron chi connectivity index (χ1n) is 4.34. The highest BCUT2D eigenvalue weighted by molar-refractivity contribution is 7.89. The number of sulfonamides is 1. The number of hydrogen-bond donors (Lipinski definition) is 2. The van der Waals surface area contributed by atoms with E-state index in [4.69, 9.17) is 5.73 Å². The largest absolute Gasteiger partial charge is 0.402 e. The summed E-state index contributed by atoms with van der Waals surface area (Å²) < 4.78 is 85.6. The summed E-state index contributed by atoms with van der Waals surface area (Å²) in [5.74, 6) is -3.13. The molecule has 0 saturated carbocycles. The van der Waals surface area contributed by atoms with Crippen molar-refractivity contribution in [3.05, 3.63) is 23.8 Å². The molecule has 1 rings (SSSR count). The van der Waals surface area contributed by atoms with Crippen LogP contribution in [0.25, 0.3) is 0 Å². The molecular formula is C8H7F5N2O2S. The van der Waals surface area contributed by atoms with Gasteiger partial charge < -0.3 is 5.73 Å². The highest BCUT2D eigenvalue weighted by atomic mass is 32.2. The molecule has 0 aliphatic heterocycles. The van der Waals surface area contributed by atoms with E-state index < -0.39 is 39.3 Å². The molecule has 102 valence electrons. The maximum Gasteiger partial charge on any atom is 0.402 e. The van der Waals surface area contributed by atoms with Gasteiger partial charge in [-0.25, -0.2) is 21.9 Å². The van der Waals surface area contributed by atoms with Crippen molar-refractivity contribution in [2.24, 2.45) is 0 Å². The first-order valence-corrected chi connectivity index (χ1v) is 5.82. The minimum absolute atomic E-state index is 0.389. The third kappa shape index (κ3) is 3.53. The van der Waals surface area contributed by atoms with E-state index in [2.05, 4.69) is 0 Å². The number of nitrogens with two attached hydrogens (primary N) is 1. The van der Waals surface area contributed by atoms with Crippen molar-refractivity contribution < 1.29 is 30.4 Å². The molecule has 0 aliphatic carbocycles. The molecule has 0 atom stereocenters. The molecule has 0 spiro atoms. The number of anilines is 1. The van der Waals surface area contributed by atoms with Crippen LogP contribution >= 0.6 is 0 Å². The molecule has 3 N–H and O–H groups in total. The Hall–Kier alpha value is -1.42. The highest BCUT2D eigenvalue weighted by Gasteiger charge is 2.32. The minimum atomic E-state index is -4.95. The maximum absolute atomic E-state index is 13.2. The van der Waals surface area contributed by atoms with Crippen LogP contribution in [0.4, 0.5) is 27.6 Å². The lowest BCUT2D eigenvalue weighted by Crippen LogP contribution is -2.34. The Morgan fingerprint density at radius 2 is 1.61 bits per heavy atom. The van der Waals surface area contributed by atoms with Crippen LogP contribution in [-0.4, -0.2) is 21.1 Å². The number of nitrogen functional groups attached to an aromatic ring is 1. The van der Waals surface area contributed by atoms with Gasteiger partial charge in [0.1, 0.15) is 18.2 Å². The van der Waals surface area contributed by atoms with Crippen LogP contribution in [0, 0.1) is 11.6 Å². The second-order valence-corrected chi connectivity index (χ2v) is 4.96. The third-order valence-corrected chi connectivity index (χ3v) is 3.20. The average molecular weight is 290 g/mol. The summed E-state index contributed by atoms with van der Waals surface area (Å²) in [6.45, 7) is -1.93. The van der Waals surface area contributed by atoms with Crippen molar-refractivity contribution >= 4 is 15.7 Å². The molecule has 0 bridgehead atoms. The molecule has 0 heterocycles. The summed E-state index contributed by atoms with van der Waals surface area (Å²) in [5.41, 5.74) is 4.65. The van der Waals surface area contributed by atoms with Crippen molar-refractivity contribution in [3.8, 4) is 0 Å². The molecule has 0 saturated heterocycles. The van der Waals surface area contributed by atoms with Gasteiger partial charge in [-0.3, -0.25) is 0 Å². The smallest absolute Gasteiger partial charge is 0.399 e. The van der Waals surface area contributed by atoms with Crippen molar-refractivity contribution in [2.45, 2.75) is 11.1 Å². The Kier molecular flexibility index (Phi) is 3.81. The summed E-state index contributed by atoms with van der Waals surface area (Å²) in [6.07, 6.45) is -4.84. The SMILES string of the molecule is Nc1cc(F)c(S(=O)(=O)NCC(F)(F)F)c(F)c1. The van der Waals surface area contributed by atoms with Gasteiger partial charge in [0.15, 0.2) is 4.90 Å². The molecule has 0 aromatic heterocycles. The number of benzene rings is 1. The van der Waals surface area contributed by atoms with Gasteiger partial charge in [-0.15, -0.1) is 0 Å². The monoisotopic (exact) mass is 290 g/mol. The first-order chi connectivity index (χ1) is 8.03. The van der Waals surface area contributed by atoms with Gasteiger partial charge in [-0.1, -0.05) is 0 Å². The zero-order valence-corrected chi connectivity index (χ0v) is 9.37. The standard InChI is InChI=1S/C8H7F5N2O2S/c9-5-1-4(14)2-6(10)7(5)18(16,17)15-3-8(11,12)13/h1-2,15H,3,14H2. The van der Waals surface area contributed by atoms with Gasteiger partial charge in [-0.05, 0) is 12.1 Å². The predicted octanol–water partition coefficient (Wildman–Crippen LogP) is 1.39. The fourth-order valence-corrected chi connectivity index (χ4v) is 2.21. The fourth-order valence-electron chi connectivity index (χ4n) is 1.09. The average Bonchev–Trinajstić information content (AvgIpc) is 2.11. The molecule has 18 heavy (non-hydrogen) atoms. The van der Waals surface area contributed by atoms with Crippen LogP contribution in [0.1, 0.15) is 0 Å². The highest BCUT2D eigenvalue weighted by Crippen LogP contribution is 2.22. The molecule has 1 aromatic rings. The fraction of sp³-hybridized carbons (Fsp3) is 0.250. The van der Waals surface area contributed by atoms with Crippen LogP contribution in [0.5, 0.6) is 0 Å². The number of rotatable bonds is 3. The third-order valence-electron chi connectivity index (χ3n) is 1.75. The lowest BCUT2D eigenvalue weighted by atomic mass is 10.3. The zero-order valence-electron chi connectivity index (χ0n) is 8.55. The lowest BCUT2D eigenvalue weighted by Gasteiger charge is -2.11. The Morgan fingerprint density at radius 1 is 1.17 bits per heavy atom. The van der Waals surface area contributed by atoms with Crippen LogP contribution in [0.3, 0.4) is 0 Å². The number of alkyl halides is 3. The Morgan fingerprint density at radius 3 is 2.00 bits per heavy atom. The van der Waals surface area contributed by atoms with Gasteiger partial charge in [-0.2, -0.15) is 13.2 Å². The Labute approximate surface area is 98.6 Å². The van der Waals surface area contributed by atoms with Gasteiger partial charge in [0.2, 0.25) is 10.0 Å². The van der Waals surface area contributed by atoms with Gasteiger partial charge in [0.05, 0.1) is 0 Å². The van der Waals surface area contributed by atoms with Crippen molar-refractivity contribution in [1.82, 2.24) is 4.72 Å². The van der Waals surface area contributed by atoms with Crippen LogP contribution < -0.4 is 10.5 Å². The van der Waals surface area contributed by atoms with E-state index in [0.717, 1.165) is 4.72 Å².